The molecule has 0 aliphatic carbocycles. The molecule has 0 fully saturated rings. The minimum atomic E-state index is 0.378. The zero-order chi connectivity index (χ0) is 14.7. The molecule has 106 valence electrons. The molecule has 2 aromatic rings. The molecule has 0 aliphatic rings. The lowest BCUT2D eigenvalue weighted by atomic mass is 10.1. The molecular weight excluding hydrogens is 344 g/mol. The molecule has 0 saturated carbocycles. The van der Waals surface area contributed by atoms with Crippen molar-refractivity contribution in [2.45, 2.75) is 20.3 Å². The summed E-state index contributed by atoms with van der Waals surface area (Å²) in [5.41, 5.74) is 1.43. The highest BCUT2D eigenvalue weighted by Gasteiger charge is 2.14. The van der Waals surface area contributed by atoms with Crippen LogP contribution in [0.4, 0.5) is 0 Å². The SMILES string of the molecule is COc1ccc(-c2nc(Cl)c(Br)c(CC(C)C)n2)nn1. The lowest BCUT2D eigenvalue weighted by Gasteiger charge is -2.09. The normalized spacial score (nSPS) is 10.9. The van der Waals surface area contributed by atoms with Gasteiger partial charge in [-0.1, -0.05) is 25.4 Å². The third-order valence-electron chi connectivity index (χ3n) is 2.56. The van der Waals surface area contributed by atoms with Crippen LogP contribution < -0.4 is 4.74 Å². The van der Waals surface area contributed by atoms with Crippen molar-refractivity contribution in [3.05, 3.63) is 27.5 Å². The molecule has 7 heteroatoms. The standard InChI is InChI=1S/C13H14BrClN4O/c1-7(2)6-9-11(14)12(15)17-13(16-9)8-4-5-10(20-3)19-18-8/h4-5,7H,6H2,1-3H3. The molecule has 0 aliphatic heterocycles. The topological polar surface area (TPSA) is 60.8 Å². The van der Waals surface area contributed by atoms with E-state index in [-0.39, 0.29) is 0 Å². The molecule has 2 rings (SSSR count). The summed E-state index contributed by atoms with van der Waals surface area (Å²) < 4.78 is 5.71. The molecule has 0 unspecified atom stereocenters. The van der Waals surface area contributed by atoms with E-state index < -0.39 is 0 Å². The number of ether oxygens (including phenoxy) is 1. The number of halogens is 2. The van der Waals surface area contributed by atoms with Gasteiger partial charge in [-0.3, -0.25) is 0 Å². The third-order valence-corrected chi connectivity index (χ3v) is 3.89. The smallest absolute Gasteiger partial charge is 0.233 e. The second-order valence-electron chi connectivity index (χ2n) is 4.66. The van der Waals surface area contributed by atoms with Crippen LogP contribution in [0.5, 0.6) is 5.88 Å². The van der Waals surface area contributed by atoms with Crippen molar-refractivity contribution < 1.29 is 4.74 Å². The Balaban J connectivity index is 2.42. The second kappa shape index (κ2) is 6.45. The summed E-state index contributed by atoms with van der Waals surface area (Å²) in [5.74, 6) is 1.37. The molecular formula is C13H14BrClN4O. The van der Waals surface area contributed by atoms with Gasteiger partial charge in [-0.15, -0.1) is 10.2 Å². The lowest BCUT2D eigenvalue weighted by Crippen LogP contribution is -2.04. The first-order chi connectivity index (χ1) is 9.51. The number of rotatable bonds is 4. The first kappa shape index (κ1) is 15.1. The zero-order valence-corrected chi connectivity index (χ0v) is 13.7. The molecule has 0 saturated heterocycles. The van der Waals surface area contributed by atoms with Gasteiger partial charge in [-0.25, -0.2) is 9.97 Å². The minimum absolute atomic E-state index is 0.378. The van der Waals surface area contributed by atoms with Crippen LogP contribution in [-0.2, 0) is 6.42 Å². The van der Waals surface area contributed by atoms with Crippen molar-refractivity contribution in [2.24, 2.45) is 5.92 Å². The Labute approximate surface area is 130 Å². The Hall–Kier alpha value is -1.27. The number of hydrogen-bond acceptors (Lipinski definition) is 5. The molecule has 0 radical (unpaired) electrons. The fourth-order valence-corrected chi connectivity index (χ4v) is 2.18. The maximum atomic E-state index is 6.14. The van der Waals surface area contributed by atoms with Gasteiger partial charge in [0.15, 0.2) is 5.82 Å². The van der Waals surface area contributed by atoms with Crippen LogP contribution in [-0.4, -0.2) is 27.3 Å². The van der Waals surface area contributed by atoms with Crippen LogP contribution >= 0.6 is 27.5 Å². The molecule has 0 N–H and O–H groups in total. The number of methoxy groups -OCH3 is 1. The van der Waals surface area contributed by atoms with Gasteiger partial charge in [0.2, 0.25) is 5.88 Å². The molecule has 0 atom stereocenters. The average molecular weight is 358 g/mol. The summed E-state index contributed by atoms with van der Waals surface area (Å²) in [6.07, 6.45) is 0.805. The molecule has 0 aromatic carbocycles. The van der Waals surface area contributed by atoms with Gasteiger partial charge >= 0.3 is 0 Å². The molecule has 0 bridgehead atoms. The summed E-state index contributed by atoms with van der Waals surface area (Å²) >= 11 is 9.57. The van der Waals surface area contributed by atoms with Gasteiger partial charge in [0.05, 0.1) is 17.3 Å². The van der Waals surface area contributed by atoms with E-state index in [9.17, 15) is 0 Å². The first-order valence-electron chi connectivity index (χ1n) is 6.11. The van der Waals surface area contributed by atoms with Gasteiger partial charge in [0.1, 0.15) is 10.8 Å². The van der Waals surface area contributed by atoms with Gasteiger partial charge < -0.3 is 4.74 Å². The van der Waals surface area contributed by atoms with Crippen LogP contribution in [0.3, 0.4) is 0 Å². The van der Waals surface area contributed by atoms with E-state index in [1.165, 1.54) is 7.11 Å². The number of hydrogen-bond donors (Lipinski definition) is 0. The van der Waals surface area contributed by atoms with Gasteiger partial charge in [-0.2, -0.15) is 0 Å². The molecule has 5 nitrogen and oxygen atoms in total. The van der Waals surface area contributed by atoms with Crippen molar-refractivity contribution in [2.75, 3.05) is 7.11 Å². The highest BCUT2D eigenvalue weighted by molar-refractivity contribution is 9.10. The average Bonchev–Trinajstić information content (AvgIpc) is 2.43. The van der Waals surface area contributed by atoms with Crippen molar-refractivity contribution in [3.8, 4) is 17.4 Å². The van der Waals surface area contributed by atoms with E-state index in [0.717, 1.165) is 16.6 Å². The second-order valence-corrected chi connectivity index (χ2v) is 5.81. The molecule has 0 spiro atoms. The van der Waals surface area contributed by atoms with E-state index in [1.54, 1.807) is 12.1 Å². The summed E-state index contributed by atoms with van der Waals surface area (Å²) in [7, 11) is 1.54. The first-order valence-corrected chi connectivity index (χ1v) is 7.28. The summed E-state index contributed by atoms with van der Waals surface area (Å²) in [5, 5.41) is 8.32. The van der Waals surface area contributed by atoms with Crippen LogP contribution in [0.2, 0.25) is 5.15 Å². The zero-order valence-electron chi connectivity index (χ0n) is 11.4. The lowest BCUT2D eigenvalue weighted by molar-refractivity contribution is 0.392. The molecule has 2 aromatic heterocycles. The number of nitrogens with zero attached hydrogens (tertiary/aromatic N) is 4. The Morgan fingerprint density at radius 3 is 2.55 bits per heavy atom. The maximum absolute atomic E-state index is 6.14. The highest BCUT2D eigenvalue weighted by atomic mass is 79.9. The molecule has 20 heavy (non-hydrogen) atoms. The van der Waals surface area contributed by atoms with Gasteiger partial charge in [-0.05, 0) is 34.3 Å². The van der Waals surface area contributed by atoms with Crippen LogP contribution in [0.1, 0.15) is 19.5 Å². The van der Waals surface area contributed by atoms with Crippen molar-refractivity contribution >= 4 is 27.5 Å². The van der Waals surface area contributed by atoms with Gasteiger partial charge in [0.25, 0.3) is 0 Å². The van der Waals surface area contributed by atoms with E-state index in [4.69, 9.17) is 16.3 Å². The highest BCUT2D eigenvalue weighted by Crippen LogP contribution is 2.28. The fourth-order valence-electron chi connectivity index (χ4n) is 1.65. The fraction of sp³-hybridized carbons (Fsp3) is 0.385. The third kappa shape index (κ3) is 3.43. The van der Waals surface area contributed by atoms with Crippen LogP contribution in [0.15, 0.2) is 16.6 Å². The quantitative estimate of drug-likeness (QED) is 0.783. The van der Waals surface area contributed by atoms with E-state index in [2.05, 4.69) is 49.9 Å². The van der Waals surface area contributed by atoms with E-state index >= 15 is 0 Å². The molecule has 2 heterocycles. The molecule has 0 amide bonds. The minimum Gasteiger partial charge on any atom is -0.480 e. The Kier molecular flexibility index (Phi) is 4.88. The van der Waals surface area contributed by atoms with E-state index in [0.29, 0.717) is 28.5 Å². The van der Waals surface area contributed by atoms with Crippen LogP contribution in [0, 0.1) is 5.92 Å². The van der Waals surface area contributed by atoms with Crippen LogP contribution in [0.25, 0.3) is 11.5 Å². The van der Waals surface area contributed by atoms with Crippen molar-refractivity contribution in [1.29, 1.82) is 0 Å². The summed E-state index contributed by atoms with van der Waals surface area (Å²) in [6, 6.07) is 3.47. The Morgan fingerprint density at radius 2 is 2.00 bits per heavy atom. The monoisotopic (exact) mass is 356 g/mol. The predicted molar refractivity (Wildman–Crippen MR) is 80.9 cm³/mol. The van der Waals surface area contributed by atoms with E-state index in [1.807, 2.05) is 0 Å². The van der Waals surface area contributed by atoms with Gasteiger partial charge in [0, 0.05) is 6.07 Å². The summed E-state index contributed by atoms with van der Waals surface area (Å²) in [6.45, 7) is 4.24. The maximum Gasteiger partial charge on any atom is 0.233 e. The Bertz CT molecular complexity index is 604. The van der Waals surface area contributed by atoms with Crippen molar-refractivity contribution in [1.82, 2.24) is 20.2 Å². The predicted octanol–water partition coefficient (Wildman–Crippen LogP) is 3.56. The number of aromatic nitrogens is 4. The van der Waals surface area contributed by atoms with Crippen molar-refractivity contribution in [3.63, 3.8) is 0 Å². The Morgan fingerprint density at radius 1 is 1.25 bits per heavy atom. The largest absolute Gasteiger partial charge is 0.480 e. The summed E-state index contributed by atoms with van der Waals surface area (Å²) in [4.78, 5) is 8.74.